The molecule has 0 amide bonds. The van der Waals surface area contributed by atoms with Crippen molar-refractivity contribution in [3.8, 4) is 17.4 Å². The number of carbonyl (C=O) groups excluding carboxylic acids is 1. The van der Waals surface area contributed by atoms with E-state index in [1.54, 1.807) is 0 Å². The highest BCUT2D eigenvalue weighted by atomic mass is 35.5. The van der Waals surface area contributed by atoms with Crippen LogP contribution in [0.4, 0.5) is 8.78 Å². The molecule has 8 heteroatoms. The van der Waals surface area contributed by atoms with E-state index in [2.05, 4.69) is 4.98 Å². The molecule has 2 rings (SSSR count). The number of hydrogen-bond acceptors (Lipinski definition) is 5. The van der Waals surface area contributed by atoms with Crippen LogP contribution in [0.25, 0.3) is 0 Å². The third kappa shape index (κ3) is 3.82. The van der Waals surface area contributed by atoms with Crippen LogP contribution in [-0.4, -0.2) is 17.1 Å². The molecule has 0 fully saturated rings. The predicted molar refractivity (Wildman–Crippen MR) is 70.8 cm³/mol. The van der Waals surface area contributed by atoms with Crippen LogP contribution in [-0.2, 0) is 4.79 Å². The number of benzene rings is 1. The summed E-state index contributed by atoms with van der Waals surface area (Å²) in [6, 6.07) is 4.33. The third-order valence-electron chi connectivity index (χ3n) is 2.53. The Kier molecular flexibility index (Phi) is 4.77. The van der Waals surface area contributed by atoms with Crippen LogP contribution in [0, 0.1) is 11.6 Å². The molecule has 0 saturated carbocycles. The number of halogens is 3. The second-order valence-electron chi connectivity index (χ2n) is 4.21. The van der Waals surface area contributed by atoms with Crippen LogP contribution in [0.5, 0.6) is 17.4 Å². The predicted octanol–water partition coefficient (Wildman–Crippen LogP) is 2.32. The number of pyridine rings is 1. The second-order valence-corrected chi connectivity index (χ2v) is 4.65. The molecule has 0 radical (unpaired) electrons. The van der Waals surface area contributed by atoms with E-state index >= 15 is 0 Å². The van der Waals surface area contributed by atoms with Crippen molar-refractivity contribution in [1.29, 1.82) is 0 Å². The van der Waals surface area contributed by atoms with Crippen molar-refractivity contribution in [2.45, 2.75) is 13.0 Å². The van der Waals surface area contributed by atoms with Gasteiger partial charge in [-0.15, -0.1) is 0 Å². The average Bonchev–Trinajstić information content (AvgIpc) is 2.44. The summed E-state index contributed by atoms with van der Waals surface area (Å²) >= 11 is 5.55. The van der Waals surface area contributed by atoms with Crippen molar-refractivity contribution >= 4 is 17.6 Å². The molecule has 0 aliphatic rings. The minimum absolute atomic E-state index is 0.0420. The SMILES string of the molecule is CC(Oc1ccc(Oc2ncc(Cl)cc2F)cc1F)C(=O)[O-]. The minimum Gasteiger partial charge on any atom is -0.546 e. The zero-order chi connectivity index (χ0) is 16.3. The van der Waals surface area contributed by atoms with Crippen LogP contribution in [0.2, 0.25) is 5.02 Å². The van der Waals surface area contributed by atoms with E-state index in [-0.39, 0.29) is 22.4 Å². The lowest BCUT2D eigenvalue weighted by molar-refractivity contribution is -0.312. The molecule has 1 heterocycles. The van der Waals surface area contributed by atoms with E-state index in [1.165, 1.54) is 19.2 Å². The van der Waals surface area contributed by atoms with Crippen molar-refractivity contribution < 1.29 is 28.2 Å². The Bertz CT molecular complexity index is 711. The Morgan fingerprint density at radius 2 is 2.05 bits per heavy atom. The molecule has 5 nitrogen and oxygen atoms in total. The highest BCUT2D eigenvalue weighted by Crippen LogP contribution is 2.28. The maximum absolute atomic E-state index is 13.8. The van der Waals surface area contributed by atoms with E-state index in [9.17, 15) is 18.7 Å². The van der Waals surface area contributed by atoms with Gasteiger partial charge in [-0.05, 0) is 25.1 Å². The molecule has 0 saturated heterocycles. The first-order valence-corrected chi connectivity index (χ1v) is 6.40. The highest BCUT2D eigenvalue weighted by molar-refractivity contribution is 6.30. The lowest BCUT2D eigenvalue weighted by Crippen LogP contribution is -2.37. The molecule has 0 spiro atoms. The van der Waals surface area contributed by atoms with Gasteiger partial charge in [0.1, 0.15) is 11.9 Å². The first-order chi connectivity index (χ1) is 10.4. The lowest BCUT2D eigenvalue weighted by Gasteiger charge is -2.16. The maximum atomic E-state index is 13.8. The van der Waals surface area contributed by atoms with Gasteiger partial charge >= 0.3 is 0 Å². The molecular weight excluding hydrogens is 320 g/mol. The second kappa shape index (κ2) is 6.57. The average molecular weight is 329 g/mol. The Morgan fingerprint density at radius 1 is 1.32 bits per heavy atom. The summed E-state index contributed by atoms with van der Waals surface area (Å²) in [5.74, 6) is -3.88. The number of carboxylic acids is 1. The Balaban J connectivity index is 2.17. The van der Waals surface area contributed by atoms with Gasteiger partial charge in [0, 0.05) is 12.3 Å². The quantitative estimate of drug-likeness (QED) is 0.842. The minimum atomic E-state index is -1.48. The number of hydrogen-bond donors (Lipinski definition) is 0. The zero-order valence-corrected chi connectivity index (χ0v) is 11.9. The van der Waals surface area contributed by atoms with Gasteiger partial charge < -0.3 is 19.4 Å². The smallest absolute Gasteiger partial charge is 0.255 e. The number of aliphatic carboxylic acids is 1. The molecule has 1 atom stereocenters. The number of ether oxygens (including phenoxy) is 2. The molecule has 0 N–H and O–H groups in total. The number of carboxylic acid groups (broad SMARTS) is 1. The monoisotopic (exact) mass is 328 g/mol. The van der Waals surface area contributed by atoms with Crippen LogP contribution in [0.3, 0.4) is 0 Å². The van der Waals surface area contributed by atoms with Gasteiger partial charge in [-0.2, -0.15) is 0 Å². The summed E-state index contributed by atoms with van der Waals surface area (Å²) in [6.07, 6.45) is -0.147. The van der Waals surface area contributed by atoms with E-state index in [0.717, 1.165) is 18.2 Å². The first kappa shape index (κ1) is 16.0. The van der Waals surface area contributed by atoms with Gasteiger partial charge in [-0.3, -0.25) is 0 Å². The van der Waals surface area contributed by atoms with E-state index < -0.39 is 23.7 Å². The van der Waals surface area contributed by atoms with Gasteiger partial charge in [-0.1, -0.05) is 11.6 Å². The molecule has 0 aliphatic carbocycles. The van der Waals surface area contributed by atoms with E-state index in [0.29, 0.717) is 0 Å². The number of nitrogens with zero attached hydrogens (tertiary/aromatic N) is 1. The molecule has 1 unspecified atom stereocenters. The van der Waals surface area contributed by atoms with Crippen LogP contribution in [0.15, 0.2) is 30.5 Å². The van der Waals surface area contributed by atoms with E-state index in [4.69, 9.17) is 21.1 Å². The van der Waals surface area contributed by atoms with Gasteiger partial charge in [-0.25, -0.2) is 13.8 Å². The molecule has 1 aromatic heterocycles. The summed E-state index contributed by atoms with van der Waals surface area (Å²) in [5.41, 5.74) is 0. The molecular formula is C14H9ClF2NO4-. The van der Waals surface area contributed by atoms with Crippen molar-refractivity contribution in [3.63, 3.8) is 0 Å². The fourth-order valence-corrected chi connectivity index (χ4v) is 1.61. The van der Waals surface area contributed by atoms with Crippen LogP contribution < -0.4 is 14.6 Å². The Hall–Kier alpha value is -2.41. The molecule has 22 heavy (non-hydrogen) atoms. The van der Waals surface area contributed by atoms with Gasteiger partial charge in [0.15, 0.2) is 17.4 Å². The topological polar surface area (TPSA) is 71.5 Å². The molecule has 1 aromatic carbocycles. The van der Waals surface area contributed by atoms with E-state index in [1.807, 2.05) is 0 Å². The van der Waals surface area contributed by atoms with Gasteiger partial charge in [0.25, 0.3) is 5.88 Å². The fourth-order valence-electron chi connectivity index (χ4n) is 1.47. The van der Waals surface area contributed by atoms with Gasteiger partial charge in [0.2, 0.25) is 0 Å². The van der Waals surface area contributed by atoms with Gasteiger partial charge in [0.05, 0.1) is 11.0 Å². The fraction of sp³-hybridized carbons (Fsp3) is 0.143. The summed E-state index contributed by atoms with van der Waals surface area (Å²) < 4.78 is 37.2. The number of aromatic nitrogens is 1. The third-order valence-corrected chi connectivity index (χ3v) is 2.73. The summed E-state index contributed by atoms with van der Waals surface area (Å²) in [6.45, 7) is 1.20. The standard InChI is InChI=1S/C14H10ClF2NO4/c1-7(14(19)20)21-12-3-2-9(5-10(12)16)22-13-11(17)4-8(15)6-18-13/h2-7H,1H3,(H,19,20)/p-1. The molecule has 0 bridgehead atoms. The van der Waals surface area contributed by atoms with Crippen molar-refractivity contribution in [2.24, 2.45) is 0 Å². The molecule has 0 aliphatic heterocycles. The van der Waals surface area contributed by atoms with Crippen molar-refractivity contribution in [3.05, 3.63) is 47.1 Å². The normalized spacial score (nSPS) is 11.8. The first-order valence-electron chi connectivity index (χ1n) is 6.03. The lowest BCUT2D eigenvalue weighted by atomic mass is 10.3. The number of rotatable bonds is 5. The summed E-state index contributed by atoms with van der Waals surface area (Å²) in [4.78, 5) is 14.2. The zero-order valence-electron chi connectivity index (χ0n) is 11.2. The number of carbonyl (C=O) groups is 1. The van der Waals surface area contributed by atoms with Crippen molar-refractivity contribution in [1.82, 2.24) is 4.98 Å². The highest BCUT2D eigenvalue weighted by Gasteiger charge is 2.12. The van der Waals surface area contributed by atoms with Crippen LogP contribution >= 0.6 is 11.6 Å². The Morgan fingerprint density at radius 3 is 2.64 bits per heavy atom. The maximum Gasteiger partial charge on any atom is 0.255 e. The van der Waals surface area contributed by atoms with Crippen molar-refractivity contribution in [2.75, 3.05) is 0 Å². The molecule has 2 aromatic rings. The van der Waals surface area contributed by atoms with Crippen LogP contribution in [0.1, 0.15) is 6.92 Å². The summed E-state index contributed by atoms with van der Waals surface area (Å²) in [7, 11) is 0. The molecule has 116 valence electrons. The largest absolute Gasteiger partial charge is 0.546 e. The Labute approximate surface area is 129 Å². The summed E-state index contributed by atoms with van der Waals surface area (Å²) in [5, 5.41) is 10.6.